The van der Waals surface area contributed by atoms with Crippen LogP contribution in [0.1, 0.15) is 15.9 Å². The highest BCUT2D eigenvalue weighted by Gasteiger charge is 2.16. The zero-order valence-electron chi connectivity index (χ0n) is 18.1. The molecule has 0 heterocycles. The summed E-state index contributed by atoms with van der Waals surface area (Å²) in [5.74, 6) is -1.46. The molecule has 0 saturated heterocycles. The van der Waals surface area contributed by atoms with Crippen LogP contribution in [0.4, 0.5) is 10.1 Å². The number of hydrogen-bond acceptors (Lipinski definition) is 5. The average Bonchev–Trinajstić information content (AvgIpc) is 2.84. The van der Waals surface area contributed by atoms with E-state index in [0.717, 1.165) is 22.5 Å². The summed E-state index contributed by atoms with van der Waals surface area (Å²) >= 11 is 6.74. The lowest BCUT2D eigenvalue weighted by Crippen LogP contribution is -2.25. The number of carbonyl (C=O) groups excluding carboxylic acids is 2. The fraction of sp³-hybridized carbons (Fsp3) is 0.0385. The lowest BCUT2D eigenvalue weighted by molar-refractivity contribution is -0.119. The number of hydrogen-bond donors (Lipinski definition) is 2. The fourth-order valence-electron chi connectivity index (χ4n) is 3.25. The molecule has 0 spiro atoms. The van der Waals surface area contributed by atoms with Crippen molar-refractivity contribution in [2.75, 3.05) is 11.9 Å². The van der Waals surface area contributed by atoms with Gasteiger partial charge in [0.05, 0.1) is 22.8 Å². The lowest BCUT2D eigenvalue weighted by atomic mass is 10.1. The van der Waals surface area contributed by atoms with Gasteiger partial charge in [-0.15, -0.1) is 0 Å². The Bertz CT molecular complexity index is 1440. The number of hydrazone groups is 1. The van der Waals surface area contributed by atoms with Gasteiger partial charge < -0.3 is 10.1 Å². The topological polar surface area (TPSA) is 79.8 Å². The van der Waals surface area contributed by atoms with Crippen molar-refractivity contribution < 1.29 is 18.7 Å². The Labute approximate surface area is 217 Å². The minimum absolute atomic E-state index is 0.0132. The van der Waals surface area contributed by atoms with Crippen molar-refractivity contribution in [1.29, 1.82) is 0 Å². The van der Waals surface area contributed by atoms with Crippen molar-refractivity contribution >= 4 is 66.4 Å². The van der Waals surface area contributed by atoms with E-state index >= 15 is 0 Å². The van der Waals surface area contributed by atoms with Gasteiger partial charge in [0.25, 0.3) is 5.91 Å². The Morgan fingerprint density at radius 3 is 2.54 bits per heavy atom. The van der Waals surface area contributed by atoms with Crippen LogP contribution >= 0.6 is 31.9 Å². The molecule has 0 atom stereocenters. The van der Waals surface area contributed by atoms with Gasteiger partial charge in [-0.05, 0) is 69.2 Å². The normalized spacial score (nSPS) is 10.9. The Kier molecular flexibility index (Phi) is 7.89. The first kappa shape index (κ1) is 24.6. The Hall–Kier alpha value is -3.56. The number of esters is 1. The summed E-state index contributed by atoms with van der Waals surface area (Å²) in [6.07, 6.45) is 1.36. The van der Waals surface area contributed by atoms with E-state index in [4.69, 9.17) is 4.74 Å². The van der Waals surface area contributed by atoms with E-state index in [1.54, 1.807) is 12.1 Å². The highest BCUT2D eigenvalue weighted by molar-refractivity contribution is 9.11. The summed E-state index contributed by atoms with van der Waals surface area (Å²) < 4.78 is 20.1. The van der Waals surface area contributed by atoms with Crippen LogP contribution in [-0.4, -0.2) is 24.6 Å². The molecule has 4 aromatic rings. The highest BCUT2D eigenvalue weighted by atomic mass is 79.9. The third-order valence-electron chi connectivity index (χ3n) is 4.89. The van der Waals surface area contributed by atoms with E-state index in [1.165, 1.54) is 24.4 Å². The number of halogens is 3. The molecule has 2 N–H and O–H groups in total. The van der Waals surface area contributed by atoms with Crippen LogP contribution in [0.25, 0.3) is 10.8 Å². The fourth-order valence-corrected chi connectivity index (χ4v) is 4.59. The van der Waals surface area contributed by atoms with Crippen molar-refractivity contribution in [3.05, 3.63) is 105 Å². The van der Waals surface area contributed by atoms with Crippen LogP contribution in [0.3, 0.4) is 0 Å². The van der Waals surface area contributed by atoms with E-state index in [1.807, 2.05) is 42.5 Å². The molecule has 0 aliphatic rings. The van der Waals surface area contributed by atoms with Gasteiger partial charge in [-0.25, -0.2) is 14.6 Å². The molecule has 9 heteroatoms. The molecule has 4 rings (SSSR count). The molecule has 6 nitrogen and oxygen atoms in total. The molecule has 0 aliphatic carbocycles. The Morgan fingerprint density at radius 2 is 1.74 bits per heavy atom. The van der Waals surface area contributed by atoms with Gasteiger partial charge >= 0.3 is 5.97 Å². The molecule has 0 saturated carbocycles. The Balaban J connectivity index is 1.41. The molecule has 0 aliphatic heterocycles. The molecule has 1 amide bonds. The lowest BCUT2D eigenvalue weighted by Gasteiger charge is -2.11. The molecule has 176 valence electrons. The molecular weight excluding hydrogens is 581 g/mol. The van der Waals surface area contributed by atoms with Crippen molar-refractivity contribution in [3.8, 4) is 5.75 Å². The number of carbonyl (C=O) groups is 2. The number of anilines is 1. The number of benzene rings is 4. The predicted octanol–water partition coefficient (Wildman–Crippen LogP) is 6.29. The average molecular weight is 599 g/mol. The van der Waals surface area contributed by atoms with E-state index in [9.17, 15) is 14.0 Å². The predicted molar refractivity (Wildman–Crippen MR) is 141 cm³/mol. The maximum absolute atomic E-state index is 13.5. The minimum Gasteiger partial charge on any atom is -0.421 e. The third kappa shape index (κ3) is 6.52. The second-order valence-electron chi connectivity index (χ2n) is 7.41. The van der Waals surface area contributed by atoms with E-state index in [-0.39, 0.29) is 23.8 Å². The summed E-state index contributed by atoms with van der Waals surface area (Å²) in [5.41, 5.74) is 3.74. The molecule has 0 unspecified atom stereocenters. The van der Waals surface area contributed by atoms with Gasteiger partial charge in [-0.2, -0.15) is 5.10 Å². The number of nitrogens with zero attached hydrogens (tertiary/aromatic N) is 1. The molecule has 0 bridgehead atoms. The van der Waals surface area contributed by atoms with Crippen molar-refractivity contribution in [1.82, 2.24) is 5.43 Å². The molecule has 0 radical (unpaired) electrons. The van der Waals surface area contributed by atoms with Gasteiger partial charge in [0.15, 0.2) is 5.75 Å². The number of amides is 1. The summed E-state index contributed by atoms with van der Waals surface area (Å²) in [6.45, 7) is 0.0132. The Morgan fingerprint density at radius 1 is 0.943 bits per heavy atom. The number of fused-ring (bicyclic) bond motifs is 1. The molecule has 0 fully saturated rings. The maximum Gasteiger partial charge on any atom is 0.343 e. The standard InChI is InChI=1S/C26H18Br2FN3O3/c27-20-10-19(25(23(28)13-20)35-26(34)18-6-3-7-21(29)11-18)14-31-32-24(33)15-30-22-9-8-16-4-1-2-5-17(16)12-22/h1-14,30H,15H2,(H,32,33)/b31-14-. The summed E-state index contributed by atoms with van der Waals surface area (Å²) in [5, 5.41) is 9.22. The first-order valence-corrected chi connectivity index (χ1v) is 12.0. The van der Waals surface area contributed by atoms with Gasteiger partial charge in [-0.3, -0.25) is 4.79 Å². The number of ether oxygens (including phenoxy) is 1. The first-order chi connectivity index (χ1) is 16.9. The quantitative estimate of drug-likeness (QED) is 0.113. The minimum atomic E-state index is -0.731. The maximum atomic E-state index is 13.5. The SMILES string of the molecule is O=C(CNc1ccc2ccccc2c1)N/N=C\c1cc(Br)cc(Br)c1OC(=O)c1cccc(F)c1. The van der Waals surface area contributed by atoms with Crippen LogP contribution in [0.2, 0.25) is 0 Å². The van der Waals surface area contributed by atoms with Crippen LogP contribution in [0.15, 0.2) is 92.9 Å². The van der Waals surface area contributed by atoms with Gasteiger partial charge in [0.2, 0.25) is 0 Å². The zero-order chi connectivity index (χ0) is 24.8. The van der Waals surface area contributed by atoms with Crippen LogP contribution in [0.5, 0.6) is 5.75 Å². The summed E-state index contributed by atoms with van der Waals surface area (Å²) in [4.78, 5) is 24.8. The largest absolute Gasteiger partial charge is 0.421 e. The molecule has 4 aromatic carbocycles. The first-order valence-electron chi connectivity index (χ1n) is 10.4. The second kappa shape index (κ2) is 11.2. The van der Waals surface area contributed by atoms with Crippen molar-refractivity contribution in [2.45, 2.75) is 0 Å². The molecule has 0 aromatic heterocycles. The van der Waals surface area contributed by atoms with Crippen LogP contribution in [0, 0.1) is 5.82 Å². The number of nitrogens with one attached hydrogen (secondary N) is 2. The van der Waals surface area contributed by atoms with Gasteiger partial charge in [0, 0.05) is 15.7 Å². The number of rotatable bonds is 7. The zero-order valence-corrected chi connectivity index (χ0v) is 21.3. The van der Waals surface area contributed by atoms with Crippen molar-refractivity contribution in [3.63, 3.8) is 0 Å². The molecule has 35 heavy (non-hydrogen) atoms. The van der Waals surface area contributed by atoms with E-state index in [2.05, 4.69) is 47.7 Å². The monoisotopic (exact) mass is 597 g/mol. The van der Waals surface area contributed by atoms with Crippen molar-refractivity contribution in [2.24, 2.45) is 5.10 Å². The second-order valence-corrected chi connectivity index (χ2v) is 9.18. The van der Waals surface area contributed by atoms with E-state index < -0.39 is 11.8 Å². The summed E-state index contributed by atoms with van der Waals surface area (Å²) in [7, 11) is 0. The van der Waals surface area contributed by atoms with Crippen LogP contribution < -0.4 is 15.5 Å². The van der Waals surface area contributed by atoms with Crippen LogP contribution in [-0.2, 0) is 4.79 Å². The summed E-state index contributed by atoms with van der Waals surface area (Å²) in [6, 6.07) is 22.3. The highest BCUT2D eigenvalue weighted by Crippen LogP contribution is 2.32. The van der Waals surface area contributed by atoms with E-state index in [0.29, 0.717) is 14.5 Å². The third-order valence-corrected chi connectivity index (χ3v) is 5.93. The van der Waals surface area contributed by atoms with Gasteiger partial charge in [0.1, 0.15) is 5.82 Å². The smallest absolute Gasteiger partial charge is 0.343 e. The molecular formula is C26H18Br2FN3O3. The van der Waals surface area contributed by atoms with Gasteiger partial charge in [-0.1, -0.05) is 52.3 Å².